The summed E-state index contributed by atoms with van der Waals surface area (Å²) >= 11 is 0. The van der Waals surface area contributed by atoms with Crippen molar-refractivity contribution < 1.29 is 37.5 Å². The lowest BCUT2D eigenvalue weighted by Gasteiger charge is -2.38. The Labute approximate surface area is 297 Å². The van der Waals surface area contributed by atoms with E-state index in [1.54, 1.807) is 27.7 Å². The molecule has 15 heteroatoms. The maximum absolute atomic E-state index is 15.2. The van der Waals surface area contributed by atoms with Crippen molar-refractivity contribution in [1.82, 2.24) is 36.1 Å². The van der Waals surface area contributed by atoms with E-state index in [0.717, 1.165) is 37.0 Å². The van der Waals surface area contributed by atoms with Crippen molar-refractivity contribution >= 4 is 35.3 Å². The Balaban J connectivity index is 1.39. The summed E-state index contributed by atoms with van der Waals surface area (Å²) in [5.74, 6) is -9.86. The zero-order chi connectivity index (χ0) is 37.1. The third-order valence-electron chi connectivity index (χ3n) is 10.8. The molecule has 0 spiro atoms. The zero-order valence-corrected chi connectivity index (χ0v) is 29.9. The van der Waals surface area contributed by atoms with Gasteiger partial charge in [-0.05, 0) is 55.8 Å². The summed E-state index contributed by atoms with van der Waals surface area (Å²) in [6.07, 6.45) is 9.83. The van der Waals surface area contributed by atoms with Crippen molar-refractivity contribution in [2.24, 2.45) is 23.2 Å². The third kappa shape index (κ3) is 8.89. The van der Waals surface area contributed by atoms with Gasteiger partial charge < -0.3 is 26.2 Å². The van der Waals surface area contributed by atoms with Crippen LogP contribution >= 0.6 is 0 Å². The average molecular weight is 716 g/mol. The van der Waals surface area contributed by atoms with E-state index in [0.29, 0.717) is 19.3 Å². The number of halogens is 2. The summed E-state index contributed by atoms with van der Waals surface area (Å²) in [5.41, 5.74) is -0.917. The maximum atomic E-state index is 15.2. The quantitative estimate of drug-likeness (QED) is 0.225. The second-order valence-corrected chi connectivity index (χ2v) is 15.7. The minimum Gasteiger partial charge on any atom is -0.347 e. The van der Waals surface area contributed by atoms with Crippen LogP contribution in [0, 0.1) is 23.2 Å². The van der Waals surface area contributed by atoms with Crippen molar-refractivity contribution in [3.63, 3.8) is 0 Å². The van der Waals surface area contributed by atoms with Crippen LogP contribution in [-0.2, 0) is 24.0 Å². The summed E-state index contributed by atoms with van der Waals surface area (Å²) in [6.45, 7) is 6.54. The van der Waals surface area contributed by atoms with Gasteiger partial charge in [0.15, 0.2) is 0 Å². The highest BCUT2D eigenvalue weighted by molar-refractivity contribution is 6.38. The molecule has 280 valence electrons. The van der Waals surface area contributed by atoms with Gasteiger partial charge in [0.1, 0.15) is 23.8 Å². The van der Waals surface area contributed by atoms with Gasteiger partial charge in [-0.1, -0.05) is 53.4 Å². The molecule has 51 heavy (non-hydrogen) atoms. The summed E-state index contributed by atoms with van der Waals surface area (Å²) in [5, 5.41) is 10.9. The number of nitrogens with one attached hydrogen (secondary N) is 4. The molecule has 2 heterocycles. The highest BCUT2D eigenvalue weighted by Crippen LogP contribution is 2.51. The molecule has 1 aliphatic heterocycles. The van der Waals surface area contributed by atoms with Crippen molar-refractivity contribution in [3.05, 3.63) is 24.3 Å². The lowest BCUT2D eigenvalue weighted by atomic mass is 9.82. The number of likely N-dealkylation sites (tertiary alicyclic amines) is 1. The molecule has 0 bridgehead atoms. The fourth-order valence-corrected chi connectivity index (χ4v) is 7.83. The van der Waals surface area contributed by atoms with Gasteiger partial charge in [-0.25, -0.2) is 13.8 Å². The predicted molar refractivity (Wildman–Crippen MR) is 181 cm³/mol. The van der Waals surface area contributed by atoms with E-state index in [1.165, 1.54) is 18.6 Å². The summed E-state index contributed by atoms with van der Waals surface area (Å²) in [6, 6.07) is -4.88. The number of fused-ring (bicyclic) bond motifs is 1. The van der Waals surface area contributed by atoms with Crippen LogP contribution in [0.4, 0.5) is 8.78 Å². The first-order chi connectivity index (χ1) is 24.1. The van der Waals surface area contributed by atoms with E-state index < -0.39 is 95.6 Å². The largest absolute Gasteiger partial charge is 0.347 e. The molecule has 4 aliphatic rings. The van der Waals surface area contributed by atoms with E-state index in [-0.39, 0.29) is 30.5 Å². The smallest absolute Gasteiger partial charge is 0.289 e. The fraction of sp³-hybridized carbons (Fsp3) is 0.722. The topological polar surface area (TPSA) is 180 Å². The number of rotatable bonds is 13. The number of amides is 5. The summed E-state index contributed by atoms with van der Waals surface area (Å²) in [4.78, 5) is 90.7. The first-order valence-corrected chi connectivity index (χ1v) is 18.3. The standard InChI is InChI=1S/C36H51F2N7O6/c1-5-9-24(28(46)33(50)41-21-12-13-21)42-32(49)27-22-14-15-36(37,38)23(22)19-45(27)34(51)29(35(2,3)4)44-31(48)26(20-10-7-6-8-11-20)43-30(47)25-18-39-16-17-40-25/h16-18,20-24,26-27,29H,5-15,19H2,1-4H3,(H,41,50)(H,42,49)(H,43,47)(H,44,48)/t22?,23?,24-,26-,27+,29-/m1/s1. The van der Waals surface area contributed by atoms with Crippen LogP contribution in [0.15, 0.2) is 18.6 Å². The van der Waals surface area contributed by atoms with Gasteiger partial charge >= 0.3 is 0 Å². The molecule has 13 nitrogen and oxygen atoms in total. The molecular formula is C36H51F2N7O6. The van der Waals surface area contributed by atoms with Gasteiger partial charge in [-0.3, -0.25) is 33.8 Å². The summed E-state index contributed by atoms with van der Waals surface area (Å²) in [7, 11) is 0. The van der Waals surface area contributed by atoms with Crippen LogP contribution < -0.4 is 21.3 Å². The SMILES string of the molecule is CCC[C@@H](NC(=O)[C@@H]1C2CCC(F)(F)C2CN1C(=O)[C@@H](NC(=O)[C@H](NC(=O)c1cnccn1)C1CCCCC1)C(C)(C)C)C(=O)C(=O)NC1CC1. The normalized spacial score (nSPS) is 24.8. The van der Waals surface area contributed by atoms with Gasteiger partial charge in [0, 0.05) is 37.3 Å². The first kappa shape index (κ1) is 38.2. The molecule has 0 radical (unpaired) electrons. The molecule has 1 aromatic heterocycles. The molecule has 5 amide bonds. The number of nitrogens with zero attached hydrogens (tertiary/aromatic N) is 3. The van der Waals surface area contributed by atoms with Crippen molar-refractivity contribution in [2.45, 2.75) is 134 Å². The molecule has 4 N–H and O–H groups in total. The van der Waals surface area contributed by atoms with E-state index in [4.69, 9.17) is 0 Å². The van der Waals surface area contributed by atoms with E-state index >= 15 is 8.78 Å². The van der Waals surface area contributed by atoms with Crippen molar-refractivity contribution in [3.8, 4) is 0 Å². The molecule has 1 saturated heterocycles. The number of alkyl halides is 2. The van der Waals surface area contributed by atoms with E-state index in [2.05, 4.69) is 31.2 Å². The van der Waals surface area contributed by atoms with Crippen LogP contribution in [0.2, 0.25) is 0 Å². The van der Waals surface area contributed by atoms with Gasteiger partial charge in [0.25, 0.3) is 17.7 Å². The van der Waals surface area contributed by atoms with Gasteiger partial charge in [-0.15, -0.1) is 0 Å². The maximum Gasteiger partial charge on any atom is 0.289 e. The molecule has 0 aromatic carbocycles. The monoisotopic (exact) mass is 715 g/mol. The molecule has 3 aliphatic carbocycles. The van der Waals surface area contributed by atoms with Gasteiger partial charge in [0.2, 0.25) is 23.5 Å². The Hall–Kier alpha value is -4.04. The number of Topliss-reactive ketones (excluding diaryl/α,β-unsaturated/α-hetero) is 1. The number of ketones is 1. The predicted octanol–water partition coefficient (Wildman–Crippen LogP) is 2.69. The number of aromatic nitrogens is 2. The number of hydrogen-bond donors (Lipinski definition) is 4. The third-order valence-corrected chi connectivity index (χ3v) is 10.8. The lowest BCUT2D eigenvalue weighted by molar-refractivity contribution is -0.146. The average Bonchev–Trinajstić information content (AvgIpc) is 3.74. The van der Waals surface area contributed by atoms with Crippen LogP contribution in [0.25, 0.3) is 0 Å². The summed E-state index contributed by atoms with van der Waals surface area (Å²) < 4.78 is 30.5. The highest BCUT2D eigenvalue weighted by atomic mass is 19.3. The Morgan fingerprint density at radius 2 is 1.67 bits per heavy atom. The minimum atomic E-state index is -3.13. The Morgan fingerprint density at radius 1 is 0.961 bits per heavy atom. The number of hydrogen-bond acceptors (Lipinski definition) is 8. The second-order valence-electron chi connectivity index (χ2n) is 15.7. The number of carbonyl (C=O) groups is 6. The Morgan fingerprint density at radius 3 is 2.27 bits per heavy atom. The second kappa shape index (κ2) is 15.7. The van der Waals surface area contributed by atoms with Crippen LogP contribution in [-0.4, -0.2) is 92.9 Å². The molecule has 6 atom stereocenters. The fourth-order valence-electron chi connectivity index (χ4n) is 7.83. The molecule has 5 rings (SSSR count). The highest BCUT2D eigenvalue weighted by Gasteiger charge is 2.61. The zero-order valence-electron chi connectivity index (χ0n) is 29.9. The molecule has 3 saturated carbocycles. The van der Waals surface area contributed by atoms with E-state index in [9.17, 15) is 28.8 Å². The first-order valence-electron chi connectivity index (χ1n) is 18.3. The van der Waals surface area contributed by atoms with Crippen LogP contribution in [0.3, 0.4) is 0 Å². The van der Waals surface area contributed by atoms with Gasteiger partial charge in [-0.2, -0.15) is 0 Å². The van der Waals surface area contributed by atoms with Gasteiger partial charge in [0.05, 0.1) is 12.2 Å². The molecule has 4 fully saturated rings. The van der Waals surface area contributed by atoms with Crippen LogP contribution in [0.5, 0.6) is 0 Å². The lowest BCUT2D eigenvalue weighted by Crippen LogP contribution is -2.62. The van der Waals surface area contributed by atoms with Crippen LogP contribution in [0.1, 0.15) is 109 Å². The Bertz CT molecular complexity index is 1480. The molecular weight excluding hydrogens is 664 g/mol. The number of carbonyl (C=O) groups excluding carboxylic acids is 6. The van der Waals surface area contributed by atoms with E-state index in [1.807, 2.05) is 0 Å². The molecule has 2 unspecified atom stereocenters. The van der Waals surface area contributed by atoms with Crippen molar-refractivity contribution in [2.75, 3.05) is 6.54 Å². The van der Waals surface area contributed by atoms with Crippen molar-refractivity contribution in [1.29, 1.82) is 0 Å². The minimum absolute atomic E-state index is 0.0151. The Kier molecular flexibility index (Phi) is 11.7. The molecule has 1 aromatic rings.